The Bertz CT molecular complexity index is 190. The molecule has 0 aliphatic rings. The van der Waals surface area contributed by atoms with Crippen molar-refractivity contribution in [2.24, 2.45) is 5.92 Å². The minimum atomic E-state index is -0.564. The lowest BCUT2D eigenvalue weighted by Gasteiger charge is -2.21. The van der Waals surface area contributed by atoms with Crippen molar-refractivity contribution < 1.29 is 19.7 Å². The summed E-state index contributed by atoms with van der Waals surface area (Å²) in [4.78, 5) is 0. The largest absolute Gasteiger partial charge is 0.395 e. The molecule has 18 heavy (non-hydrogen) atoms. The van der Waals surface area contributed by atoms with Gasteiger partial charge < -0.3 is 25.0 Å². The third-order valence-electron chi connectivity index (χ3n) is 2.59. The summed E-state index contributed by atoms with van der Waals surface area (Å²) in [5.74, 6) is 0.518. The third-order valence-corrected chi connectivity index (χ3v) is 2.59. The SMILES string of the molecule is COCC(C)OCC(O)CNC(CO)CC(C)C. The number of rotatable bonds is 11. The molecule has 0 fully saturated rings. The van der Waals surface area contributed by atoms with Crippen LogP contribution in [0.3, 0.4) is 0 Å². The van der Waals surface area contributed by atoms with Gasteiger partial charge in [-0.1, -0.05) is 13.8 Å². The molecule has 110 valence electrons. The Morgan fingerprint density at radius 1 is 1.17 bits per heavy atom. The molecule has 0 heterocycles. The van der Waals surface area contributed by atoms with Gasteiger partial charge in [0.25, 0.3) is 0 Å². The van der Waals surface area contributed by atoms with Crippen LogP contribution in [0.1, 0.15) is 27.2 Å². The molecule has 3 unspecified atom stereocenters. The summed E-state index contributed by atoms with van der Waals surface area (Å²) in [5, 5.41) is 22.1. The van der Waals surface area contributed by atoms with Gasteiger partial charge in [0.05, 0.1) is 32.0 Å². The van der Waals surface area contributed by atoms with E-state index in [2.05, 4.69) is 19.2 Å². The minimum Gasteiger partial charge on any atom is -0.395 e. The second-order valence-corrected chi connectivity index (χ2v) is 5.17. The van der Waals surface area contributed by atoms with Crippen molar-refractivity contribution in [2.75, 3.05) is 33.5 Å². The Balaban J connectivity index is 3.70. The molecule has 0 amide bonds. The first-order chi connectivity index (χ1) is 8.49. The van der Waals surface area contributed by atoms with Crippen molar-refractivity contribution in [1.82, 2.24) is 5.32 Å². The Kier molecular flexibility index (Phi) is 10.6. The first-order valence-corrected chi connectivity index (χ1v) is 6.62. The molecule has 0 rings (SSSR count). The smallest absolute Gasteiger partial charge is 0.0897 e. The molecule has 0 spiro atoms. The molecule has 5 heteroatoms. The molecule has 0 aliphatic carbocycles. The van der Waals surface area contributed by atoms with Gasteiger partial charge in [-0.25, -0.2) is 0 Å². The van der Waals surface area contributed by atoms with Gasteiger partial charge in [-0.3, -0.25) is 0 Å². The van der Waals surface area contributed by atoms with E-state index in [4.69, 9.17) is 9.47 Å². The Morgan fingerprint density at radius 2 is 1.83 bits per heavy atom. The van der Waals surface area contributed by atoms with Crippen molar-refractivity contribution in [3.63, 3.8) is 0 Å². The molecule has 0 aliphatic heterocycles. The average Bonchev–Trinajstić information content (AvgIpc) is 2.31. The maximum Gasteiger partial charge on any atom is 0.0897 e. The van der Waals surface area contributed by atoms with Crippen molar-refractivity contribution >= 4 is 0 Å². The van der Waals surface area contributed by atoms with Crippen LogP contribution in [0.15, 0.2) is 0 Å². The maximum absolute atomic E-state index is 9.73. The predicted octanol–water partition coefficient (Wildman–Crippen LogP) is 0.395. The van der Waals surface area contributed by atoms with Crippen LogP contribution in [0.25, 0.3) is 0 Å². The first kappa shape index (κ1) is 17.8. The highest BCUT2D eigenvalue weighted by atomic mass is 16.5. The highest BCUT2D eigenvalue weighted by Crippen LogP contribution is 2.04. The first-order valence-electron chi connectivity index (χ1n) is 6.62. The summed E-state index contributed by atoms with van der Waals surface area (Å²) in [6.45, 7) is 7.43. The lowest BCUT2D eigenvalue weighted by atomic mass is 10.0. The summed E-state index contributed by atoms with van der Waals surface area (Å²) in [6.07, 6.45) is 0.309. The fourth-order valence-corrected chi connectivity index (χ4v) is 1.71. The van der Waals surface area contributed by atoms with E-state index in [1.807, 2.05) is 6.92 Å². The second-order valence-electron chi connectivity index (χ2n) is 5.17. The average molecular weight is 263 g/mol. The van der Waals surface area contributed by atoms with E-state index in [9.17, 15) is 10.2 Å². The molecule has 0 aromatic heterocycles. The fourth-order valence-electron chi connectivity index (χ4n) is 1.71. The van der Waals surface area contributed by atoms with Crippen LogP contribution in [0.2, 0.25) is 0 Å². The summed E-state index contributed by atoms with van der Waals surface area (Å²) >= 11 is 0. The predicted molar refractivity (Wildman–Crippen MR) is 71.6 cm³/mol. The number of aliphatic hydroxyl groups excluding tert-OH is 2. The molecule has 0 aromatic carbocycles. The van der Waals surface area contributed by atoms with E-state index in [0.717, 1.165) is 6.42 Å². The van der Waals surface area contributed by atoms with Crippen molar-refractivity contribution in [3.05, 3.63) is 0 Å². The molecular formula is C13H29NO4. The zero-order valence-electron chi connectivity index (χ0n) is 12.1. The van der Waals surface area contributed by atoms with Gasteiger partial charge in [0, 0.05) is 19.7 Å². The van der Waals surface area contributed by atoms with Crippen molar-refractivity contribution in [1.29, 1.82) is 0 Å². The van der Waals surface area contributed by atoms with Gasteiger partial charge in [-0.15, -0.1) is 0 Å². The minimum absolute atomic E-state index is 0.0195. The van der Waals surface area contributed by atoms with Gasteiger partial charge in [-0.05, 0) is 19.3 Å². The summed E-state index contributed by atoms with van der Waals surface area (Å²) in [5.41, 5.74) is 0. The van der Waals surface area contributed by atoms with E-state index in [1.54, 1.807) is 7.11 Å². The van der Waals surface area contributed by atoms with Gasteiger partial charge in [0.15, 0.2) is 0 Å². The molecule has 3 N–H and O–H groups in total. The van der Waals surface area contributed by atoms with Crippen LogP contribution in [-0.4, -0.2) is 61.9 Å². The Morgan fingerprint density at radius 3 is 2.33 bits per heavy atom. The van der Waals surface area contributed by atoms with E-state index in [1.165, 1.54) is 0 Å². The molecule has 5 nitrogen and oxygen atoms in total. The van der Waals surface area contributed by atoms with E-state index in [-0.39, 0.29) is 25.4 Å². The van der Waals surface area contributed by atoms with Crippen LogP contribution in [0, 0.1) is 5.92 Å². The molecule has 0 aromatic rings. The number of hydrogen-bond acceptors (Lipinski definition) is 5. The van der Waals surface area contributed by atoms with Crippen LogP contribution in [0.5, 0.6) is 0 Å². The van der Waals surface area contributed by atoms with Crippen LogP contribution < -0.4 is 5.32 Å². The highest BCUT2D eigenvalue weighted by molar-refractivity contribution is 4.70. The Labute approximate surface area is 110 Å². The van der Waals surface area contributed by atoms with Gasteiger partial charge in [0.2, 0.25) is 0 Å². The van der Waals surface area contributed by atoms with Crippen LogP contribution in [-0.2, 0) is 9.47 Å². The van der Waals surface area contributed by atoms with Crippen molar-refractivity contribution in [3.8, 4) is 0 Å². The summed E-state index contributed by atoms with van der Waals surface area (Å²) < 4.78 is 10.4. The molecule has 0 bridgehead atoms. The molecular weight excluding hydrogens is 234 g/mol. The maximum atomic E-state index is 9.73. The number of aliphatic hydroxyl groups is 2. The second kappa shape index (κ2) is 10.7. The standard InChI is InChI=1S/C13H29NO4/c1-10(2)5-12(7-15)14-6-13(16)9-18-11(3)8-17-4/h10-16H,5-9H2,1-4H3. The molecule has 0 radical (unpaired) electrons. The number of nitrogens with one attached hydrogen (secondary N) is 1. The lowest BCUT2D eigenvalue weighted by molar-refractivity contribution is -0.0320. The lowest BCUT2D eigenvalue weighted by Crippen LogP contribution is -2.40. The Hall–Kier alpha value is -0.200. The quantitative estimate of drug-likeness (QED) is 0.503. The molecule has 0 saturated carbocycles. The van der Waals surface area contributed by atoms with Gasteiger partial charge in [-0.2, -0.15) is 0 Å². The van der Waals surface area contributed by atoms with Crippen molar-refractivity contribution in [2.45, 2.75) is 45.4 Å². The van der Waals surface area contributed by atoms with Gasteiger partial charge >= 0.3 is 0 Å². The molecule has 3 atom stereocenters. The number of methoxy groups -OCH3 is 1. The zero-order chi connectivity index (χ0) is 14.0. The normalized spacial score (nSPS) is 16.8. The fraction of sp³-hybridized carbons (Fsp3) is 1.00. The van der Waals surface area contributed by atoms with E-state index in [0.29, 0.717) is 19.1 Å². The van der Waals surface area contributed by atoms with E-state index < -0.39 is 6.10 Å². The van der Waals surface area contributed by atoms with E-state index >= 15 is 0 Å². The zero-order valence-corrected chi connectivity index (χ0v) is 12.1. The van der Waals surface area contributed by atoms with Crippen LogP contribution >= 0.6 is 0 Å². The third kappa shape index (κ3) is 9.79. The van der Waals surface area contributed by atoms with Crippen LogP contribution in [0.4, 0.5) is 0 Å². The number of ether oxygens (including phenoxy) is 2. The number of hydrogen-bond donors (Lipinski definition) is 3. The van der Waals surface area contributed by atoms with Gasteiger partial charge in [0.1, 0.15) is 0 Å². The summed E-state index contributed by atoms with van der Waals surface area (Å²) in [6, 6.07) is 0.0380. The summed E-state index contributed by atoms with van der Waals surface area (Å²) in [7, 11) is 1.62. The topological polar surface area (TPSA) is 71.0 Å². The molecule has 0 saturated heterocycles. The monoisotopic (exact) mass is 263 g/mol. The highest BCUT2D eigenvalue weighted by Gasteiger charge is 2.12.